The summed E-state index contributed by atoms with van der Waals surface area (Å²) in [6, 6.07) is 10.1. The number of fused-ring (bicyclic) bond motifs is 1. The van der Waals surface area contributed by atoms with E-state index >= 15 is 0 Å². The molecule has 1 fully saturated rings. The summed E-state index contributed by atoms with van der Waals surface area (Å²) in [5, 5.41) is 0. The molecule has 0 aliphatic carbocycles. The average molecular weight is 381 g/mol. The van der Waals surface area contributed by atoms with Gasteiger partial charge in [-0.05, 0) is 25.3 Å². The van der Waals surface area contributed by atoms with Gasteiger partial charge >= 0.3 is 5.69 Å². The molecule has 7 nitrogen and oxygen atoms in total. The lowest BCUT2D eigenvalue weighted by atomic mass is 10.1. The number of anilines is 1. The lowest BCUT2D eigenvalue weighted by molar-refractivity contribution is 0.624. The summed E-state index contributed by atoms with van der Waals surface area (Å²) in [6.07, 6.45) is 4.65. The highest BCUT2D eigenvalue weighted by molar-refractivity contribution is 5.75. The Morgan fingerprint density at radius 1 is 0.929 bits per heavy atom. The van der Waals surface area contributed by atoms with Crippen LogP contribution in [0.2, 0.25) is 0 Å². The van der Waals surface area contributed by atoms with Crippen LogP contribution in [0.15, 0.2) is 39.9 Å². The third-order valence-electron chi connectivity index (χ3n) is 5.83. The van der Waals surface area contributed by atoms with Crippen LogP contribution in [-0.4, -0.2) is 31.8 Å². The highest BCUT2D eigenvalue weighted by Crippen LogP contribution is 2.29. The molecular weight excluding hydrogens is 354 g/mol. The molecule has 0 saturated carbocycles. The molecule has 0 radical (unpaired) electrons. The first-order chi connectivity index (χ1) is 13.5. The molecule has 4 rings (SSSR count). The molecule has 1 aromatic carbocycles. The fraction of sp³-hybridized carbons (Fsp3) is 0.476. The molecular formula is C21H27N5O2. The minimum Gasteiger partial charge on any atom is -0.342 e. The van der Waals surface area contributed by atoms with E-state index in [9.17, 15) is 9.59 Å². The van der Waals surface area contributed by atoms with E-state index in [0.29, 0.717) is 11.2 Å². The molecule has 0 bridgehead atoms. The van der Waals surface area contributed by atoms with Crippen LogP contribution in [0, 0.1) is 0 Å². The van der Waals surface area contributed by atoms with E-state index in [4.69, 9.17) is 4.98 Å². The molecule has 1 aliphatic heterocycles. The number of nitrogens with zero attached hydrogens (tertiary/aromatic N) is 5. The standard InChI is InChI=1S/C21H27N5O2/c1-15(16-11-7-6-8-12-16)26-17-18(23(2)21(28)24(3)19(17)27)22-20(26)25-13-9-4-5-10-14-25/h6-8,11-12,15H,4-5,9-10,13-14H2,1-3H3. The lowest BCUT2D eigenvalue weighted by Gasteiger charge is -2.25. The second-order valence-electron chi connectivity index (χ2n) is 7.65. The first kappa shape index (κ1) is 18.5. The van der Waals surface area contributed by atoms with Gasteiger partial charge in [0.05, 0.1) is 6.04 Å². The van der Waals surface area contributed by atoms with Gasteiger partial charge in [-0.1, -0.05) is 43.2 Å². The number of rotatable bonds is 3. The molecule has 148 valence electrons. The number of imidazole rings is 1. The monoisotopic (exact) mass is 381 g/mol. The maximum absolute atomic E-state index is 13.1. The van der Waals surface area contributed by atoms with E-state index in [2.05, 4.69) is 24.0 Å². The second kappa shape index (κ2) is 7.30. The van der Waals surface area contributed by atoms with Crippen LogP contribution in [0.25, 0.3) is 11.2 Å². The van der Waals surface area contributed by atoms with Gasteiger partial charge in [0.1, 0.15) is 0 Å². The van der Waals surface area contributed by atoms with Crippen molar-refractivity contribution in [3.63, 3.8) is 0 Å². The Morgan fingerprint density at radius 3 is 2.21 bits per heavy atom. The van der Waals surface area contributed by atoms with E-state index in [0.717, 1.165) is 37.4 Å². The molecule has 7 heteroatoms. The third kappa shape index (κ3) is 2.95. The quantitative estimate of drug-likeness (QED) is 0.699. The zero-order valence-corrected chi connectivity index (χ0v) is 16.8. The first-order valence-corrected chi connectivity index (χ1v) is 9.98. The fourth-order valence-corrected chi connectivity index (χ4v) is 4.14. The van der Waals surface area contributed by atoms with Crippen LogP contribution in [-0.2, 0) is 14.1 Å². The Bertz CT molecular complexity index is 1100. The van der Waals surface area contributed by atoms with Gasteiger partial charge in [0.2, 0.25) is 5.95 Å². The molecule has 3 heterocycles. The van der Waals surface area contributed by atoms with Crippen molar-refractivity contribution in [2.45, 2.75) is 38.6 Å². The van der Waals surface area contributed by atoms with Crippen molar-refractivity contribution in [2.75, 3.05) is 18.0 Å². The second-order valence-corrected chi connectivity index (χ2v) is 7.65. The Kier molecular flexibility index (Phi) is 4.83. The van der Waals surface area contributed by atoms with Crippen molar-refractivity contribution < 1.29 is 0 Å². The van der Waals surface area contributed by atoms with Crippen molar-refractivity contribution >= 4 is 17.1 Å². The number of aromatic nitrogens is 4. The first-order valence-electron chi connectivity index (χ1n) is 9.98. The van der Waals surface area contributed by atoms with Crippen molar-refractivity contribution in [3.05, 3.63) is 56.7 Å². The van der Waals surface area contributed by atoms with Gasteiger partial charge in [0.25, 0.3) is 5.56 Å². The molecule has 2 aromatic heterocycles. The fourth-order valence-electron chi connectivity index (χ4n) is 4.14. The van der Waals surface area contributed by atoms with Gasteiger partial charge in [-0.2, -0.15) is 4.98 Å². The van der Waals surface area contributed by atoms with Crippen molar-refractivity contribution in [3.8, 4) is 0 Å². The maximum Gasteiger partial charge on any atom is 0.332 e. The van der Waals surface area contributed by atoms with Gasteiger partial charge in [-0.25, -0.2) is 4.79 Å². The van der Waals surface area contributed by atoms with Crippen LogP contribution in [0.3, 0.4) is 0 Å². The number of hydrogen-bond acceptors (Lipinski definition) is 4. The molecule has 28 heavy (non-hydrogen) atoms. The molecule has 1 unspecified atom stereocenters. The Morgan fingerprint density at radius 2 is 1.57 bits per heavy atom. The van der Waals surface area contributed by atoms with Crippen LogP contribution in [0.4, 0.5) is 5.95 Å². The van der Waals surface area contributed by atoms with E-state index < -0.39 is 0 Å². The predicted octanol–water partition coefficient (Wildman–Crippen LogP) is 2.42. The van der Waals surface area contributed by atoms with Crippen LogP contribution in [0.1, 0.15) is 44.2 Å². The molecule has 1 atom stereocenters. The minimum atomic E-state index is -0.350. The summed E-state index contributed by atoms with van der Waals surface area (Å²) < 4.78 is 4.68. The summed E-state index contributed by atoms with van der Waals surface area (Å²) in [6.45, 7) is 3.92. The number of hydrogen-bond donors (Lipinski definition) is 0. The van der Waals surface area contributed by atoms with Gasteiger partial charge in [0, 0.05) is 27.2 Å². The molecule has 1 aliphatic rings. The predicted molar refractivity (Wildman–Crippen MR) is 111 cm³/mol. The molecule has 0 spiro atoms. The molecule has 3 aromatic rings. The van der Waals surface area contributed by atoms with Gasteiger partial charge in [-0.15, -0.1) is 0 Å². The van der Waals surface area contributed by atoms with E-state index in [1.54, 1.807) is 7.05 Å². The Balaban J connectivity index is 2.02. The number of benzene rings is 1. The van der Waals surface area contributed by atoms with Crippen molar-refractivity contribution in [1.82, 2.24) is 18.7 Å². The van der Waals surface area contributed by atoms with Crippen LogP contribution >= 0.6 is 0 Å². The lowest BCUT2D eigenvalue weighted by Crippen LogP contribution is -2.38. The Hall–Kier alpha value is -2.83. The summed E-state index contributed by atoms with van der Waals surface area (Å²) in [7, 11) is 3.21. The third-order valence-corrected chi connectivity index (χ3v) is 5.83. The largest absolute Gasteiger partial charge is 0.342 e. The molecule has 1 saturated heterocycles. The van der Waals surface area contributed by atoms with Gasteiger partial charge < -0.3 is 4.90 Å². The van der Waals surface area contributed by atoms with E-state index in [-0.39, 0.29) is 17.3 Å². The molecule has 0 amide bonds. The summed E-state index contributed by atoms with van der Waals surface area (Å²) >= 11 is 0. The van der Waals surface area contributed by atoms with E-state index in [1.165, 1.54) is 29.0 Å². The zero-order chi connectivity index (χ0) is 19.8. The zero-order valence-electron chi connectivity index (χ0n) is 16.8. The summed E-state index contributed by atoms with van der Waals surface area (Å²) in [5.41, 5.74) is 1.40. The average Bonchev–Trinajstić information content (AvgIpc) is 2.91. The summed E-state index contributed by atoms with van der Waals surface area (Å²) in [5.74, 6) is 0.784. The van der Waals surface area contributed by atoms with Gasteiger partial charge in [0.15, 0.2) is 11.2 Å². The van der Waals surface area contributed by atoms with Gasteiger partial charge in [-0.3, -0.25) is 18.5 Å². The van der Waals surface area contributed by atoms with E-state index in [1.807, 2.05) is 22.8 Å². The maximum atomic E-state index is 13.1. The van der Waals surface area contributed by atoms with Crippen LogP contribution < -0.4 is 16.1 Å². The number of aryl methyl sites for hydroxylation is 1. The smallest absolute Gasteiger partial charge is 0.332 e. The SMILES string of the molecule is CC(c1ccccc1)n1c(N2CCCCCC2)nc2c1c(=O)n(C)c(=O)n2C. The van der Waals surface area contributed by atoms with Crippen molar-refractivity contribution in [1.29, 1.82) is 0 Å². The molecule has 0 N–H and O–H groups in total. The Labute approximate surface area is 163 Å². The highest BCUT2D eigenvalue weighted by Gasteiger charge is 2.26. The van der Waals surface area contributed by atoms with Crippen molar-refractivity contribution in [2.24, 2.45) is 14.1 Å². The minimum absolute atomic E-state index is 0.0744. The van der Waals surface area contributed by atoms with Crippen LogP contribution in [0.5, 0.6) is 0 Å². The highest BCUT2D eigenvalue weighted by atomic mass is 16.2. The normalized spacial score (nSPS) is 16.3. The topological polar surface area (TPSA) is 65.1 Å². The summed E-state index contributed by atoms with van der Waals surface area (Å²) in [4.78, 5) is 32.6.